The average Bonchev–Trinajstić information content (AvgIpc) is 2.81. The fourth-order valence-corrected chi connectivity index (χ4v) is 2.01. The molecule has 0 unspecified atom stereocenters. The van der Waals surface area contributed by atoms with Gasteiger partial charge in [-0.05, 0) is 24.8 Å². The van der Waals surface area contributed by atoms with Crippen LogP contribution < -0.4 is 11.1 Å². The van der Waals surface area contributed by atoms with Crippen LogP contribution in [0.15, 0.2) is 34.7 Å². The first-order valence-corrected chi connectivity index (χ1v) is 6.84. The van der Waals surface area contributed by atoms with E-state index in [0.717, 1.165) is 18.5 Å². The molecule has 0 fully saturated rings. The molecule has 0 aliphatic carbocycles. The van der Waals surface area contributed by atoms with E-state index in [4.69, 9.17) is 10.5 Å². The zero-order valence-corrected chi connectivity index (χ0v) is 14.4. The predicted octanol–water partition coefficient (Wildman–Crippen LogP) is 2.41. The quantitative estimate of drug-likeness (QED) is 0.234. The first-order chi connectivity index (χ1) is 8.68. The molecule has 0 saturated carbocycles. The van der Waals surface area contributed by atoms with Gasteiger partial charge in [0.1, 0.15) is 0 Å². The van der Waals surface area contributed by atoms with Crippen LogP contribution >= 0.6 is 35.3 Å². The summed E-state index contributed by atoms with van der Waals surface area (Å²) in [6.07, 6.45) is 0.972. The van der Waals surface area contributed by atoms with Crippen LogP contribution in [0.1, 0.15) is 11.8 Å². The summed E-state index contributed by atoms with van der Waals surface area (Å²) >= 11 is 1.75. The third-order valence-electron chi connectivity index (χ3n) is 2.12. The molecule has 6 heteroatoms. The lowest BCUT2D eigenvalue weighted by Crippen LogP contribution is -2.33. The van der Waals surface area contributed by atoms with Gasteiger partial charge in [0.15, 0.2) is 5.96 Å². The predicted molar refractivity (Wildman–Crippen MR) is 93.6 cm³/mol. The molecule has 0 bridgehead atoms. The maximum absolute atomic E-state index is 5.72. The van der Waals surface area contributed by atoms with Crippen molar-refractivity contribution in [1.29, 1.82) is 0 Å². The van der Waals surface area contributed by atoms with Gasteiger partial charge in [0.2, 0.25) is 0 Å². The Morgan fingerprint density at radius 1 is 1.58 bits per heavy atom. The molecule has 1 aromatic rings. The second-order valence-corrected chi connectivity index (χ2v) is 5.07. The topological polar surface area (TPSA) is 59.6 Å². The molecule has 0 atom stereocenters. The van der Waals surface area contributed by atoms with Gasteiger partial charge in [-0.2, -0.15) is 0 Å². The molecule has 1 rings (SSSR count). The maximum atomic E-state index is 5.72. The Hall–Kier alpha value is -0.600. The van der Waals surface area contributed by atoms with Crippen molar-refractivity contribution in [2.45, 2.75) is 13.3 Å². The van der Waals surface area contributed by atoms with Crippen LogP contribution in [-0.4, -0.2) is 32.3 Å². The SMILES string of the molecule is C=C(C)COCCN=C(N)NCCc1cccs1.I. The Morgan fingerprint density at radius 3 is 3.00 bits per heavy atom. The van der Waals surface area contributed by atoms with E-state index < -0.39 is 0 Å². The number of ether oxygens (including phenoxy) is 1. The first kappa shape index (κ1) is 18.4. The van der Waals surface area contributed by atoms with Crippen molar-refractivity contribution in [3.63, 3.8) is 0 Å². The number of guanidine groups is 1. The molecule has 3 N–H and O–H groups in total. The summed E-state index contributed by atoms with van der Waals surface area (Å²) in [6, 6.07) is 4.17. The molecule has 1 aromatic heterocycles. The van der Waals surface area contributed by atoms with Crippen molar-refractivity contribution in [2.75, 3.05) is 26.3 Å². The number of hydrogen-bond acceptors (Lipinski definition) is 3. The van der Waals surface area contributed by atoms with E-state index in [1.165, 1.54) is 4.88 Å². The molecular weight excluding hydrogens is 373 g/mol. The number of nitrogens with one attached hydrogen (secondary N) is 1. The number of hydrogen-bond donors (Lipinski definition) is 2. The molecule has 4 nitrogen and oxygen atoms in total. The van der Waals surface area contributed by atoms with E-state index in [0.29, 0.717) is 25.7 Å². The molecule has 1 heterocycles. The van der Waals surface area contributed by atoms with E-state index in [1.54, 1.807) is 11.3 Å². The summed E-state index contributed by atoms with van der Waals surface area (Å²) in [5, 5.41) is 5.16. The Labute approximate surface area is 136 Å². The van der Waals surface area contributed by atoms with Crippen LogP contribution in [0.2, 0.25) is 0 Å². The van der Waals surface area contributed by atoms with Gasteiger partial charge >= 0.3 is 0 Å². The maximum Gasteiger partial charge on any atom is 0.188 e. The first-order valence-electron chi connectivity index (χ1n) is 5.97. The van der Waals surface area contributed by atoms with E-state index in [1.807, 2.05) is 6.92 Å². The number of halogens is 1. The van der Waals surface area contributed by atoms with Gasteiger partial charge in [-0.3, -0.25) is 4.99 Å². The van der Waals surface area contributed by atoms with E-state index in [9.17, 15) is 0 Å². The van der Waals surface area contributed by atoms with Gasteiger partial charge in [0.05, 0.1) is 19.8 Å². The highest BCUT2D eigenvalue weighted by Gasteiger charge is 1.95. The van der Waals surface area contributed by atoms with Gasteiger partial charge < -0.3 is 15.8 Å². The number of aliphatic imine (C=N–C) groups is 1. The molecule has 19 heavy (non-hydrogen) atoms. The Balaban J connectivity index is 0.00000324. The van der Waals surface area contributed by atoms with E-state index >= 15 is 0 Å². The second-order valence-electron chi connectivity index (χ2n) is 4.03. The number of nitrogens with zero attached hydrogens (tertiary/aromatic N) is 1. The smallest absolute Gasteiger partial charge is 0.188 e. The lowest BCUT2D eigenvalue weighted by atomic mass is 10.3. The lowest BCUT2D eigenvalue weighted by molar-refractivity contribution is 0.164. The Morgan fingerprint density at radius 2 is 2.37 bits per heavy atom. The minimum Gasteiger partial charge on any atom is -0.375 e. The molecule has 0 aromatic carbocycles. The fraction of sp³-hybridized carbons (Fsp3) is 0.462. The van der Waals surface area contributed by atoms with Gasteiger partial charge in [-0.25, -0.2) is 0 Å². The zero-order valence-electron chi connectivity index (χ0n) is 11.2. The third kappa shape index (κ3) is 9.92. The molecule has 0 saturated heterocycles. The zero-order chi connectivity index (χ0) is 13.2. The molecule has 0 aliphatic heterocycles. The standard InChI is InChI=1S/C13H21N3OS.HI/c1-11(2)10-17-8-7-16-13(14)15-6-5-12-4-3-9-18-12;/h3-4,9H,1,5-8,10H2,2H3,(H3,14,15,16);1H. The summed E-state index contributed by atoms with van der Waals surface area (Å²) in [6.45, 7) is 8.23. The van der Waals surface area contributed by atoms with Gasteiger partial charge in [-0.15, -0.1) is 35.3 Å². The van der Waals surface area contributed by atoms with Crippen molar-refractivity contribution in [3.8, 4) is 0 Å². The van der Waals surface area contributed by atoms with Crippen LogP contribution in [0.4, 0.5) is 0 Å². The van der Waals surface area contributed by atoms with Crippen LogP contribution in [0.25, 0.3) is 0 Å². The van der Waals surface area contributed by atoms with Crippen molar-refractivity contribution < 1.29 is 4.74 Å². The van der Waals surface area contributed by atoms with Crippen molar-refractivity contribution in [1.82, 2.24) is 5.32 Å². The van der Waals surface area contributed by atoms with Gasteiger partial charge in [-0.1, -0.05) is 18.2 Å². The largest absolute Gasteiger partial charge is 0.375 e. The number of thiophene rings is 1. The van der Waals surface area contributed by atoms with E-state index in [2.05, 4.69) is 34.4 Å². The highest BCUT2D eigenvalue weighted by molar-refractivity contribution is 14.0. The van der Waals surface area contributed by atoms with Crippen molar-refractivity contribution in [2.24, 2.45) is 10.7 Å². The molecule has 0 radical (unpaired) electrons. The normalized spacial score (nSPS) is 10.9. The average molecular weight is 395 g/mol. The highest BCUT2D eigenvalue weighted by atomic mass is 127. The third-order valence-corrected chi connectivity index (χ3v) is 3.06. The van der Waals surface area contributed by atoms with Crippen LogP contribution in [0.3, 0.4) is 0 Å². The summed E-state index contributed by atoms with van der Waals surface area (Å²) < 4.78 is 5.32. The number of nitrogens with two attached hydrogens (primary N) is 1. The molecule has 108 valence electrons. The fourth-order valence-electron chi connectivity index (χ4n) is 1.30. The second kappa shape index (κ2) is 11.2. The highest BCUT2D eigenvalue weighted by Crippen LogP contribution is 2.07. The van der Waals surface area contributed by atoms with Crippen LogP contribution in [0.5, 0.6) is 0 Å². The minimum atomic E-state index is 0. The Bertz CT molecular complexity index is 379. The number of rotatable bonds is 8. The monoisotopic (exact) mass is 395 g/mol. The summed E-state index contributed by atoms with van der Waals surface area (Å²) in [4.78, 5) is 5.52. The summed E-state index contributed by atoms with van der Waals surface area (Å²) in [5.41, 5.74) is 6.74. The molecule has 0 aliphatic rings. The molecule has 0 amide bonds. The Kier molecular flexibility index (Phi) is 10.9. The van der Waals surface area contributed by atoms with Gasteiger partial charge in [0.25, 0.3) is 0 Å². The summed E-state index contributed by atoms with van der Waals surface area (Å²) in [5.74, 6) is 0.477. The van der Waals surface area contributed by atoms with Crippen molar-refractivity contribution in [3.05, 3.63) is 34.5 Å². The van der Waals surface area contributed by atoms with Crippen LogP contribution in [0, 0.1) is 0 Å². The minimum absolute atomic E-state index is 0. The van der Waals surface area contributed by atoms with Crippen LogP contribution in [-0.2, 0) is 11.2 Å². The van der Waals surface area contributed by atoms with E-state index in [-0.39, 0.29) is 24.0 Å². The molecular formula is C13H22IN3OS. The van der Waals surface area contributed by atoms with Gasteiger partial charge in [0, 0.05) is 11.4 Å². The van der Waals surface area contributed by atoms with Crippen molar-refractivity contribution >= 4 is 41.3 Å². The molecule has 0 spiro atoms. The lowest BCUT2D eigenvalue weighted by Gasteiger charge is -2.05. The summed E-state index contributed by atoms with van der Waals surface area (Å²) in [7, 11) is 0.